The smallest absolute Gasteiger partial charge is 0.340 e. The Morgan fingerprint density at radius 2 is 2.28 bits per heavy atom. The topological polar surface area (TPSA) is 82.2 Å². The van der Waals surface area contributed by atoms with Crippen molar-refractivity contribution in [3.05, 3.63) is 23.9 Å². The van der Waals surface area contributed by atoms with Gasteiger partial charge in [0.1, 0.15) is 0 Å². The minimum Gasteiger partial charge on any atom is -0.462 e. The molecule has 18 heavy (non-hydrogen) atoms. The number of nitrogen functional groups attached to an aromatic ring is 1. The highest BCUT2D eigenvalue weighted by Gasteiger charge is 2.16. The summed E-state index contributed by atoms with van der Waals surface area (Å²) in [5.41, 5.74) is 4.46. The van der Waals surface area contributed by atoms with Crippen molar-refractivity contribution in [1.82, 2.24) is 9.78 Å². The van der Waals surface area contributed by atoms with E-state index in [2.05, 4.69) is 10.5 Å². The fourth-order valence-corrected chi connectivity index (χ4v) is 1.94. The van der Waals surface area contributed by atoms with Gasteiger partial charge in [-0.25, -0.2) is 4.79 Å². The number of benzene rings is 1. The Hall–Kier alpha value is -2.08. The second-order valence-electron chi connectivity index (χ2n) is 3.75. The molecular formula is C12H16N4O2. The number of fused-ring (bicyclic) bond motifs is 1. The van der Waals surface area contributed by atoms with Crippen LogP contribution in [0.25, 0.3) is 10.9 Å². The Kier molecular flexibility index (Phi) is 3.47. The van der Waals surface area contributed by atoms with E-state index in [4.69, 9.17) is 10.6 Å². The van der Waals surface area contributed by atoms with Gasteiger partial charge in [-0.2, -0.15) is 5.10 Å². The molecule has 1 heterocycles. The molecule has 0 radical (unpaired) electrons. The van der Waals surface area contributed by atoms with Crippen molar-refractivity contribution in [3.63, 3.8) is 0 Å². The van der Waals surface area contributed by atoms with E-state index in [1.165, 1.54) is 0 Å². The summed E-state index contributed by atoms with van der Waals surface area (Å²) in [5.74, 6) is 5.11. The number of hydrogen-bond donors (Lipinski definition) is 2. The molecule has 0 amide bonds. The largest absolute Gasteiger partial charge is 0.462 e. The van der Waals surface area contributed by atoms with Gasteiger partial charge in [-0.15, -0.1) is 0 Å². The van der Waals surface area contributed by atoms with Gasteiger partial charge in [-0.05, 0) is 26.0 Å². The molecule has 1 aromatic carbocycles. The summed E-state index contributed by atoms with van der Waals surface area (Å²) >= 11 is 0. The van der Waals surface area contributed by atoms with E-state index in [-0.39, 0.29) is 0 Å². The third-order valence-corrected chi connectivity index (χ3v) is 2.77. The first kappa shape index (κ1) is 12.4. The Balaban J connectivity index is 2.59. The van der Waals surface area contributed by atoms with Crippen molar-refractivity contribution in [2.45, 2.75) is 20.4 Å². The normalized spacial score (nSPS) is 10.6. The Labute approximate surface area is 105 Å². The molecule has 2 rings (SSSR count). The van der Waals surface area contributed by atoms with Crippen molar-refractivity contribution in [2.75, 3.05) is 12.0 Å². The molecule has 96 valence electrons. The van der Waals surface area contributed by atoms with Crippen LogP contribution in [0.5, 0.6) is 0 Å². The molecule has 0 spiro atoms. The van der Waals surface area contributed by atoms with E-state index in [0.29, 0.717) is 17.9 Å². The van der Waals surface area contributed by atoms with Gasteiger partial charge in [0.05, 0.1) is 29.6 Å². The Morgan fingerprint density at radius 1 is 1.50 bits per heavy atom. The molecule has 1 aromatic heterocycles. The molecule has 0 saturated heterocycles. The molecule has 0 saturated carbocycles. The van der Waals surface area contributed by atoms with Crippen LogP contribution < -0.4 is 11.3 Å². The first-order valence-electron chi connectivity index (χ1n) is 5.85. The van der Waals surface area contributed by atoms with Crippen LogP contribution in [0.2, 0.25) is 0 Å². The number of esters is 1. The zero-order valence-corrected chi connectivity index (χ0v) is 10.4. The number of hydrazine groups is 1. The molecule has 2 aromatic rings. The lowest BCUT2D eigenvalue weighted by molar-refractivity contribution is 0.0527. The van der Waals surface area contributed by atoms with Crippen molar-refractivity contribution >= 4 is 22.6 Å². The predicted molar refractivity (Wildman–Crippen MR) is 69.2 cm³/mol. The molecule has 6 heteroatoms. The van der Waals surface area contributed by atoms with Gasteiger partial charge >= 0.3 is 5.97 Å². The van der Waals surface area contributed by atoms with Gasteiger partial charge in [0.2, 0.25) is 0 Å². The van der Waals surface area contributed by atoms with Crippen molar-refractivity contribution in [3.8, 4) is 0 Å². The summed E-state index contributed by atoms with van der Waals surface area (Å²) in [6, 6.07) is 3.54. The second kappa shape index (κ2) is 5.05. The fourth-order valence-electron chi connectivity index (χ4n) is 1.94. The molecule has 0 bridgehead atoms. The lowest BCUT2D eigenvalue weighted by Crippen LogP contribution is -2.14. The molecule has 6 nitrogen and oxygen atoms in total. The number of aromatic nitrogens is 2. The summed E-state index contributed by atoms with van der Waals surface area (Å²) in [6.45, 7) is 4.85. The molecule has 0 unspecified atom stereocenters. The number of ether oxygens (including phenoxy) is 1. The minimum atomic E-state index is -0.392. The third-order valence-electron chi connectivity index (χ3n) is 2.77. The number of carbonyl (C=O) groups excluding carboxylic acids is 1. The molecule has 0 aliphatic rings. The molecule has 0 atom stereocenters. The number of carbonyl (C=O) groups is 1. The van der Waals surface area contributed by atoms with Crippen LogP contribution in [-0.2, 0) is 11.3 Å². The highest BCUT2D eigenvalue weighted by atomic mass is 16.5. The van der Waals surface area contributed by atoms with Crippen LogP contribution in [-0.4, -0.2) is 22.4 Å². The lowest BCUT2D eigenvalue weighted by Gasteiger charge is -2.09. The highest BCUT2D eigenvalue weighted by Crippen LogP contribution is 2.27. The number of nitrogens with two attached hydrogens (primary N) is 1. The number of nitrogens with zero attached hydrogens (tertiary/aromatic N) is 2. The summed E-state index contributed by atoms with van der Waals surface area (Å²) < 4.78 is 6.83. The average Bonchev–Trinajstić information content (AvgIpc) is 2.80. The lowest BCUT2D eigenvalue weighted by atomic mass is 10.1. The average molecular weight is 248 g/mol. The maximum Gasteiger partial charge on any atom is 0.340 e. The number of anilines is 1. The SMILES string of the molecule is CCOC(=O)c1ccc2c(cnn2CC)c1NN. The molecular weight excluding hydrogens is 232 g/mol. The predicted octanol–water partition coefficient (Wildman–Crippen LogP) is 1.52. The standard InChI is InChI=1S/C12H16N4O2/c1-3-16-10-6-5-8(12(17)18-4-2)11(15-13)9(10)7-14-16/h5-7,15H,3-4,13H2,1-2H3. The van der Waals surface area contributed by atoms with E-state index in [0.717, 1.165) is 17.4 Å². The number of hydrogen-bond acceptors (Lipinski definition) is 5. The zero-order valence-electron chi connectivity index (χ0n) is 10.4. The number of nitrogens with one attached hydrogen (secondary N) is 1. The third kappa shape index (κ3) is 1.91. The van der Waals surface area contributed by atoms with E-state index in [1.807, 2.05) is 17.7 Å². The summed E-state index contributed by atoms with van der Waals surface area (Å²) in [5, 5.41) is 5.05. The maximum absolute atomic E-state index is 11.8. The molecule has 0 fully saturated rings. The van der Waals surface area contributed by atoms with E-state index >= 15 is 0 Å². The summed E-state index contributed by atoms with van der Waals surface area (Å²) in [4.78, 5) is 11.8. The van der Waals surface area contributed by atoms with Crippen molar-refractivity contribution in [2.24, 2.45) is 5.84 Å². The van der Waals surface area contributed by atoms with Crippen molar-refractivity contribution < 1.29 is 9.53 Å². The van der Waals surface area contributed by atoms with E-state index < -0.39 is 5.97 Å². The van der Waals surface area contributed by atoms with Crippen molar-refractivity contribution in [1.29, 1.82) is 0 Å². The van der Waals surface area contributed by atoms with E-state index in [1.54, 1.807) is 19.2 Å². The minimum absolute atomic E-state index is 0.328. The summed E-state index contributed by atoms with van der Waals surface area (Å²) in [7, 11) is 0. The summed E-state index contributed by atoms with van der Waals surface area (Å²) in [6.07, 6.45) is 1.69. The quantitative estimate of drug-likeness (QED) is 0.487. The van der Waals surface area contributed by atoms with E-state index in [9.17, 15) is 4.79 Å². The highest BCUT2D eigenvalue weighted by molar-refractivity contribution is 6.05. The van der Waals surface area contributed by atoms with Gasteiger partial charge in [0.15, 0.2) is 0 Å². The van der Waals surface area contributed by atoms with Crippen LogP contribution >= 0.6 is 0 Å². The number of rotatable bonds is 4. The second-order valence-corrected chi connectivity index (χ2v) is 3.75. The van der Waals surface area contributed by atoms with Gasteiger partial charge in [-0.3, -0.25) is 10.5 Å². The Bertz CT molecular complexity index is 577. The first-order valence-corrected chi connectivity index (χ1v) is 5.85. The van der Waals surface area contributed by atoms with Crippen LogP contribution in [0.1, 0.15) is 24.2 Å². The fraction of sp³-hybridized carbons (Fsp3) is 0.333. The maximum atomic E-state index is 11.8. The molecule has 3 N–H and O–H groups in total. The monoisotopic (exact) mass is 248 g/mol. The van der Waals surface area contributed by atoms with Crippen LogP contribution in [0, 0.1) is 0 Å². The van der Waals surface area contributed by atoms with Gasteiger partial charge in [-0.1, -0.05) is 0 Å². The van der Waals surface area contributed by atoms with Crippen LogP contribution in [0.4, 0.5) is 5.69 Å². The van der Waals surface area contributed by atoms with Gasteiger partial charge in [0.25, 0.3) is 0 Å². The van der Waals surface area contributed by atoms with Crippen LogP contribution in [0.15, 0.2) is 18.3 Å². The molecule has 0 aliphatic carbocycles. The first-order chi connectivity index (χ1) is 8.72. The molecule has 0 aliphatic heterocycles. The van der Waals surface area contributed by atoms with Gasteiger partial charge in [0, 0.05) is 11.9 Å². The Morgan fingerprint density at radius 3 is 2.89 bits per heavy atom. The zero-order chi connectivity index (χ0) is 13.1. The van der Waals surface area contributed by atoms with Gasteiger partial charge < -0.3 is 10.2 Å². The number of aryl methyl sites for hydroxylation is 1. The van der Waals surface area contributed by atoms with Crippen LogP contribution in [0.3, 0.4) is 0 Å².